The Morgan fingerprint density at radius 3 is 1.27 bits per heavy atom. The summed E-state index contributed by atoms with van der Waals surface area (Å²) in [5.41, 5.74) is 1.86. The van der Waals surface area contributed by atoms with E-state index in [2.05, 4.69) is 0 Å². The summed E-state index contributed by atoms with van der Waals surface area (Å²) in [5.74, 6) is -1.02. The molecule has 174 valence electrons. The molecule has 0 radical (unpaired) electrons. The maximum absolute atomic E-state index is 13.4. The van der Waals surface area contributed by atoms with Crippen LogP contribution in [0.4, 0.5) is 0 Å². The Labute approximate surface area is 200 Å². The van der Waals surface area contributed by atoms with Crippen molar-refractivity contribution in [3.05, 3.63) is 71.8 Å². The number of thiophene rings is 1. The second kappa shape index (κ2) is 9.92. The minimum atomic E-state index is -0.509. The van der Waals surface area contributed by atoms with Crippen molar-refractivity contribution in [2.24, 2.45) is 10.8 Å². The monoisotopic (exact) mass is 464 g/mol. The van der Waals surface area contributed by atoms with Gasteiger partial charge in [-0.3, -0.25) is 0 Å². The lowest BCUT2D eigenvalue weighted by Gasteiger charge is -2.19. The largest absolute Gasteiger partial charge is 0.461 e. The zero-order valence-electron chi connectivity index (χ0n) is 20.2. The number of hydrogen-bond acceptors (Lipinski definition) is 5. The lowest BCUT2D eigenvalue weighted by Crippen LogP contribution is -2.22. The van der Waals surface area contributed by atoms with Crippen LogP contribution in [0.2, 0.25) is 0 Å². The lowest BCUT2D eigenvalue weighted by molar-refractivity contribution is 0.0325. The van der Waals surface area contributed by atoms with Gasteiger partial charge in [-0.1, -0.05) is 102 Å². The topological polar surface area (TPSA) is 52.6 Å². The number of carbonyl (C=O) groups excluding carboxylic acids is 2. The summed E-state index contributed by atoms with van der Waals surface area (Å²) < 4.78 is 11.4. The molecule has 0 aliphatic rings. The van der Waals surface area contributed by atoms with Crippen molar-refractivity contribution in [3.63, 3.8) is 0 Å². The summed E-state index contributed by atoms with van der Waals surface area (Å²) >= 11 is 1.41. The van der Waals surface area contributed by atoms with Crippen LogP contribution in [0.25, 0.3) is 20.9 Å². The van der Waals surface area contributed by atoms with Gasteiger partial charge >= 0.3 is 11.9 Å². The van der Waals surface area contributed by atoms with Crippen LogP contribution in [0, 0.1) is 10.8 Å². The van der Waals surface area contributed by atoms with Gasteiger partial charge in [0.15, 0.2) is 0 Å². The maximum Gasteiger partial charge on any atom is 0.340 e. The third-order valence-corrected chi connectivity index (χ3v) is 5.95. The molecular weight excluding hydrogens is 432 g/mol. The van der Waals surface area contributed by atoms with E-state index < -0.39 is 11.9 Å². The fraction of sp³-hybridized carbons (Fsp3) is 0.357. The molecule has 1 heterocycles. The Morgan fingerprint density at radius 2 is 0.970 bits per heavy atom. The molecule has 0 saturated carbocycles. The predicted molar refractivity (Wildman–Crippen MR) is 135 cm³/mol. The van der Waals surface area contributed by atoms with Gasteiger partial charge in [-0.2, -0.15) is 0 Å². The summed E-state index contributed by atoms with van der Waals surface area (Å²) in [6.45, 7) is 12.5. The van der Waals surface area contributed by atoms with E-state index in [4.69, 9.17) is 9.47 Å². The van der Waals surface area contributed by atoms with Crippen LogP contribution in [0.15, 0.2) is 60.7 Å². The molecule has 3 aromatic rings. The van der Waals surface area contributed by atoms with E-state index in [-0.39, 0.29) is 35.2 Å². The Balaban J connectivity index is 2.20. The molecule has 0 unspecified atom stereocenters. The van der Waals surface area contributed by atoms with Crippen molar-refractivity contribution < 1.29 is 19.1 Å². The van der Waals surface area contributed by atoms with Gasteiger partial charge in [0.25, 0.3) is 0 Å². The number of carbonyl (C=O) groups is 2. The van der Waals surface area contributed by atoms with Crippen LogP contribution in [0.1, 0.15) is 62.3 Å². The number of rotatable bonds is 6. The Kier molecular flexibility index (Phi) is 7.43. The van der Waals surface area contributed by atoms with Gasteiger partial charge in [0.05, 0.1) is 34.1 Å². The van der Waals surface area contributed by atoms with Gasteiger partial charge in [-0.15, -0.1) is 11.3 Å². The van der Waals surface area contributed by atoms with Crippen LogP contribution in [0.5, 0.6) is 0 Å². The highest BCUT2D eigenvalue weighted by Crippen LogP contribution is 2.43. The van der Waals surface area contributed by atoms with E-state index in [9.17, 15) is 9.59 Å². The molecule has 0 saturated heterocycles. The summed E-state index contributed by atoms with van der Waals surface area (Å²) in [4.78, 5) is 28.3. The minimum absolute atomic E-state index is 0.201. The van der Waals surface area contributed by atoms with Crippen LogP contribution in [-0.4, -0.2) is 25.2 Å². The first-order valence-electron chi connectivity index (χ1n) is 11.1. The van der Waals surface area contributed by atoms with E-state index in [0.717, 1.165) is 11.1 Å². The van der Waals surface area contributed by atoms with Crippen LogP contribution >= 0.6 is 11.3 Å². The van der Waals surface area contributed by atoms with Gasteiger partial charge in [-0.05, 0) is 22.0 Å². The fourth-order valence-electron chi connectivity index (χ4n) is 3.11. The minimum Gasteiger partial charge on any atom is -0.461 e. The van der Waals surface area contributed by atoms with Gasteiger partial charge < -0.3 is 9.47 Å². The fourth-order valence-corrected chi connectivity index (χ4v) is 4.40. The molecule has 0 bridgehead atoms. The van der Waals surface area contributed by atoms with Crippen molar-refractivity contribution in [2.45, 2.75) is 41.5 Å². The molecule has 33 heavy (non-hydrogen) atoms. The third-order valence-electron chi connectivity index (χ3n) is 4.66. The van der Waals surface area contributed by atoms with Crippen LogP contribution in [0.3, 0.4) is 0 Å². The molecule has 0 spiro atoms. The molecular formula is C28H32O4S. The predicted octanol–water partition coefficient (Wildman–Crippen LogP) is 7.49. The standard InChI is InChI=1S/C28H32O4S/c1-27(2,3)17-31-25(29)21-22(26(30)32-18-28(4,5)6)24(20-15-11-8-12-16-20)33-23(21)19-13-9-7-10-14-19/h7-16H,17-18H2,1-6H3. The number of hydrogen-bond donors (Lipinski definition) is 0. The van der Waals surface area contributed by atoms with Crippen LogP contribution < -0.4 is 0 Å². The van der Waals surface area contributed by atoms with E-state index in [1.165, 1.54) is 11.3 Å². The molecule has 0 fully saturated rings. The highest BCUT2D eigenvalue weighted by atomic mass is 32.1. The zero-order valence-corrected chi connectivity index (χ0v) is 21.0. The maximum atomic E-state index is 13.4. The summed E-state index contributed by atoms with van der Waals surface area (Å²) in [5, 5.41) is 0. The quantitative estimate of drug-likeness (QED) is 0.355. The number of esters is 2. The molecule has 0 aliphatic heterocycles. The van der Waals surface area contributed by atoms with E-state index in [1.54, 1.807) is 0 Å². The number of ether oxygens (including phenoxy) is 2. The second-order valence-electron chi connectivity index (χ2n) is 10.5. The molecule has 2 aromatic carbocycles. The molecule has 4 nitrogen and oxygen atoms in total. The highest BCUT2D eigenvalue weighted by Gasteiger charge is 2.32. The Morgan fingerprint density at radius 1 is 0.636 bits per heavy atom. The molecule has 1 aromatic heterocycles. The first kappa shape index (κ1) is 24.7. The summed E-state index contributed by atoms with van der Waals surface area (Å²) in [7, 11) is 0. The van der Waals surface area contributed by atoms with Gasteiger partial charge in [0, 0.05) is 0 Å². The second-order valence-corrected chi connectivity index (χ2v) is 11.5. The van der Waals surface area contributed by atoms with Crippen molar-refractivity contribution in [1.82, 2.24) is 0 Å². The lowest BCUT2D eigenvalue weighted by atomic mass is 9.97. The highest BCUT2D eigenvalue weighted by molar-refractivity contribution is 7.19. The van der Waals surface area contributed by atoms with Gasteiger partial charge in [-0.25, -0.2) is 9.59 Å². The van der Waals surface area contributed by atoms with Crippen LogP contribution in [-0.2, 0) is 9.47 Å². The smallest absolute Gasteiger partial charge is 0.340 e. The third kappa shape index (κ3) is 6.55. The average Bonchev–Trinajstić information content (AvgIpc) is 3.17. The number of benzene rings is 2. The zero-order chi connectivity index (χ0) is 24.2. The Bertz CT molecular complexity index is 1010. The molecule has 3 rings (SSSR count). The average molecular weight is 465 g/mol. The summed E-state index contributed by atoms with van der Waals surface area (Å²) in [6, 6.07) is 19.3. The normalized spacial score (nSPS) is 11.8. The Hall–Kier alpha value is -2.92. The van der Waals surface area contributed by atoms with Gasteiger partial charge in [0.2, 0.25) is 0 Å². The first-order chi connectivity index (χ1) is 15.5. The molecule has 0 N–H and O–H groups in total. The van der Waals surface area contributed by atoms with Crippen molar-refractivity contribution in [1.29, 1.82) is 0 Å². The van der Waals surface area contributed by atoms with Gasteiger partial charge in [0.1, 0.15) is 0 Å². The van der Waals surface area contributed by atoms with E-state index >= 15 is 0 Å². The SMILES string of the molecule is CC(C)(C)COC(=O)c1c(-c2ccccc2)sc(-c2ccccc2)c1C(=O)OCC(C)(C)C. The molecule has 0 atom stereocenters. The first-order valence-corrected chi connectivity index (χ1v) is 11.9. The molecule has 0 amide bonds. The molecule has 5 heteroatoms. The van der Waals surface area contributed by atoms with E-state index in [0.29, 0.717) is 9.75 Å². The van der Waals surface area contributed by atoms with E-state index in [1.807, 2.05) is 102 Å². The van der Waals surface area contributed by atoms with Crippen molar-refractivity contribution in [2.75, 3.05) is 13.2 Å². The van der Waals surface area contributed by atoms with Crippen molar-refractivity contribution in [3.8, 4) is 20.9 Å². The molecule has 0 aliphatic carbocycles. The summed E-state index contributed by atoms with van der Waals surface area (Å²) in [6.07, 6.45) is 0. The van der Waals surface area contributed by atoms with Crippen molar-refractivity contribution >= 4 is 23.3 Å².